The molecule has 1 heterocycles. The molecule has 0 bridgehead atoms. The molecular formula is C15H24N2O. The predicted octanol–water partition coefficient (Wildman–Crippen LogP) is 2.02. The topological polar surface area (TPSA) is 24.5 Å². The first-order chi connectivity index (χ1) is 8.59. The SMILES string of the molecule is CNCc1cccc(CN2CCOC(C)(C)C2)c1. The number of rotatable bonds is 4. The van der Waals surface area contributed by atoms with Crippen LogP contribution in [0.2, 0.25) is 0 Å². The Morgan fingerprint density at radius 1 is 1.33 bits per heavy atom. The van der Waals surface area contributed by atoms with Crippen LogP contribution in [0.1, 0.15) is 25.0 Å². The standard InChI is InChI=1S/C15H24N2O/c1-15(2)12-17(7-8-18-15)11-14-6-4-5-13(9-14)10-16-3/h4-6,9,16H,7-8,10-12H2,1-3H3. The molecule has 3 nitrogen and oxygen atoms in total. The highest BCUT2D eigenvalue weighted by Crippen LogP contribution is 2.18. The Labute approximate surface area is 110 Å². The van der Waals surface area contributed by atoms with E-state index in [1.54, 1.807) is 0 Å². The van der Waals surface area contributed by atoms with Crippen LogP contribution in [0.3, 0.4) is 0 Å². The molecule has 1 fully saturated rings. The highest BCUT2D eigenvalue weighted by atomic mass is 16.5. The zero-order valence-electron chi connectivity index (χ0n) is 11.7. The summed E-state index contributed by atoms with van der Waals surface area (Å²) in [4.78, 5) is 2.47. The predicted molar refractivity (Wildman–Crippen MR) is 74.5 cm³/mol. The van der Waals surface area contributed by atoms with E-state index in [4.69, 9.17) is 4.74 Å². The van der Waals surface area contributed by atoms with E-state index in [-0.39, 0.29) is 5.60 Å². The summed E-state index contributed by atoms with van der Waals surface area (Å²) >= 11 is 0. The van der Waals surface area contributed by atoms with E-state index in [1.807, 2.05) is 7.05 Å². The second kappa shape index (κ2) is 5.83. The van der Waals surface area contributed by atoms with E-state index in [0.29, 0.717) is 0 Å². The van der Waals surface area contributed by atoms with E-state index < -0.39 is 0 Å². The summed E-state index contributed by atoms with van der Waals surface area (Å²) in [5.41, 5.74) is 2.73. The van der Waals surface area contributed by atoms with Gasteiger partial charge in [-0.25, -0.2) is 0 Å². The molecule has 2 rings (SSSR count). The van der Waals surface area contributed by atoms with Crippen molar-refractivity contribution in [3.05, 3.63) is 35.4 Å². The molecule has 0 spiro atoms. The zero-order chi connectivity index (χ0) is 13.0. The van der Waals surface area contributed by atoms with Crippen molar-refractivity contribution in [3.8, 4) is 0 Å². The second-order valence-corrected chi connectivity index (χ2v) is 5.67. The lowest BCUT2D eigenvalue weighted by atomic mass is 10.1. The van der Waals surface area contributed by atoms with E-state index in [1.165, 1.54) is 11.1 Å². The summed E-state index contributed by atoms with van der Waals surface area (Å²) in [6.45, 7) is 9.14. The molecule has 0 unspecified atom stereocenters. The summed E-state index contributed by atoms with van der Waals surface area (Å²) in [6, 6.07) is 8.82. The van der Waals surface area contributed by atoms with Crippen molar-refractivity contribution in [2.45, 2.75) is 32.5 Å². The van der Waals surface area contributed by atoms with Gasteiger partial charge in [0.15, 0.2) is 0 Å². The molecule has 0 aromatic heterocycles. The van der Waals surface area contributed by atoms with Crippen molar-refractivity contribution in [1.82, 2.24) is 10.2 Å². The minimum atomic E-state index is -0.0131. The first-order valence-electron chi connectivity index (χ1n) is 6.68. The number of ether oxygens (including phenoxy) is 1. The quantitative estimate of drug-likeness (QED) is 0.882. The van der Waals surface area contributed by atoms with Gasteiger partial charge in [-0.15, -0.1) is 0 Å². The molecule has 1 aromatic carbocycles. The molecule has 100 valence electrons. The van der Waals surface area contributed by atoms with Crippen LogP contribution in [0, 0.1) is 0 Å². The Morgan fingerprint density at radius 2 is 2.11 bits per heavy atom. The van der Waals surface area contributed by atoms with Crippen LogP contribution in [-0.4, -0.2) is 37.2 Å². The Bertz CT molecular complexity index is 390. The third-order valence-corrected chi connectivity index (χ3v) is 3.28. The maximum Gasteiger partial charge on any atom is 0.0753 e. The normalized spacial score (nSPS) is 19.9. The molecule has 0 radical (unpaired) electrons. The van der Waals surface area contributed by atoms with Gasteiger partial charge in [0.25, 0.3) is 0 Å². The highest BCUT2D eigenvalue weighted by Gasteiger charge is 2.26. The van der Waals surface area contributed by atoms with Gasteiger partial charge >= 0.3 is 0 Å². The Morgan fingerprint density at radius 3 is 2.83 bits per heavy atom. The van der Waals surface area contributed by atoms with Gasteiger partial charge in [0.05, 0.1) is 12.2 Å². The lowest BCUT2D eigenvalue weighted by molar-refractivity contribution is -0.0882. The summed E-state index contributed by atoms with van der Waals surface area (Å²) in [6.07, 6.45) is 0. The van der Waals surface area contributed by atoms with Crippen molar-refractivity contribution in [2.75, 3.05) is 26.7 Å². The summed E-state index contributed by atoms with van der Waals surface area (Å²) in [5.74, 6) is 0. The smallest absolute Gasteiger partial charge is 0.0753 e. The van der Waals surface area contributed by atoms with Gasteiger partial charge in [-0.3, -0.25) is 4.90 Å². The average molecular weight is 248 g/mol. The molecule has 1 aliphatic heterocycles. The van der Waals surface area contributed by atoms with Gasteiger partial charge in [-0.05, 0) is 32.0 Å². The van der Waals surface area contributed by atoms with Crippen LogP contribution < -0.4 is 5.32 Å². The van der Waals surface area contributed by atoms with Gasteiger partial charge in [-0.2, -0.15) is 0 Å². The lowest BCUT2D eigenvalue weighted by Gasteiger charge is -2.38. The number of nitrogens with one attached hydrogen (secondary N) is 1. The van der Waals surface area contributed by atoms with Crippen LogP contribution in [0.25, 0.3) is 0 Å². The van der Waals surface area contributed by atoms with Gasteiger partial charge in [0, 0.05) is 26.2 Å². The van der Waals surface area contributed by atoms with Crippen molar-refractivity contribution in [1.29, 1.82) is 0 Å². The monoisotopic (exact) mass is 248 g/mol. The first kappa shape index (κ1) is 13.5. The Balaban J connectivity index is 1.98. The van der Waals surface area contributed by atoms with E-state index in [9.17, 15) is 0 Å². The molecule has 1 N–H and O–H groups in total. The largest absolute Gasteiger partial charge is 0.373 e. The van der Waals surface area contributed by atoms with Crippen molar-refractivity contribution in [2.24, 2.45) is 0 Å². The molecule has 1 aromatic rings. The second-order valence-electron chi connectivity index (χ2n) is 5.67. The van der Waals surface area contributed by atoms with E-state index >= 15 is 0 Å². The van der Waals surface area contributed by atoms with Gasteiger partial charge < -0.3 is 10.1 Å². The van der Waals surface area contributed by atoms with Crippen LogP contribution in [-0.2, 0) is 17.8 Å². The molecule has 0 amide bonds. The third-order valence-electron chi connectivity index (χ3n) is 3.28. The number of benzene rings is 1. The van der Waals surface area contributed by atoms with Crippen LogP contribution >= 0.6 is 0 Å². The number of hydrogen-bond acceptors (Lipinski definition) is 3. The summed E-state index contributed by atoms with van der Waals surface area (Å²) in [7, 11) is 1.98. The molecule has 1 aliphatic rings. The van der Waals surface area contributed by atoms with Crippen molar-refractivity contribution >= 4 is 0 Å². The number of hydrogen-bond donors (Lipinski definition) is 1. The zero-order valence-corrected chi connectivity index (χ0v) is 11.7. The summed E-state index contributed by atoms with van der Waals surface area (Å²) < 4.78 is 5.74. The maximum absolute atomic E-state index is 5.74. The fourth-order valence-electron chi connectivity index (χ4n) is 2.55. The number of morpholine rings is 1. The first-order valence-corrected chi connectivity index (χ1v) is 6.68. The average Bonchev–Trinajstić information content (AvgIpc) is 2.28. The van der Waals surface area contributed by atoms with Crippen molar-refractivity contribution in [3.63, 3.8) is 0 Å². The summed E-state index contributed by atoms with van der Waals surface area (Å²) in [5, 5.41) is 3.19. The molecule has 0 aliphatic carbocycles. The lowest BCUT2D eigenvalue weighted by Crippen LogP contribution is -2.47. The minimum Gasteiger partial charge on any atom is -0.373 e. The minimum absolute atomic E-state index is 0.0131. The Kier molecular flexibility index (Phi) is 4.38. The van der Waals surface area contributed by atoms with Gasteiger partial charge in [0.2, 0.25) is 0 Å². The fourth-order valence-corrected chi connectivity index (χ4v) is 2.55. The van der Waals surface area contributed by atoms with Crippen LogP contribution in [0.15, 0.2) is 24.3 Å². The van der Waals surface area contributed by atoms with Crippen molar-refractivity contribution < 1.29 is 4.74 Å². The van der Waals surface area contributed by atoms with Crippen LogP contribution in [0.5, 0.6) is 0 Å². The fraction of sp³-hybridized carbons (Fsp3) is 0.600. The molecule has 1 saturated heterocycles. The molecule has 3 heteroatoms. The third kappa shape index (κ3) is 3.80. The molecule has 18 heavy (non-hydrogen) atoms. The molecule has 0 atom stereocenters. The number of nitrogens with zero attached hydrogens (tertiary/aromatic N) is 1. The van der Waals surface area contributed by atoms with Crippen LogP contribution in [0.4, 0.5) is 0 Å². The van der Waals surface area contributed by atoms with Gasteiger partial charge in [0.1, 0.15) is 0 Å². The molecule has 0 saturated carbocycles. The Hall–Kier alpha value is -0.900. The van der Waals surface area contributed by atoms with E-state index in [0.717, 1.165) is 32.8 Å². The highest BCUT2D eigenvalue weighted by molar-refractivity contribution is 5.23. The maximum atomic E-state index is 5.74. The van der Waals surface area contributed by atoms with E-state index in [2.05, 4.69) is 48.3 Å². The molecular weight excluding hydrogens is 224 g/mol. The van der Waals surface area contributed by atoms with Gasteiger partial charge in [-0.1, -0.05) is 24.3 Å².